The van der Waals surface area contributed by atoms with E-state index >= 15 is 0 Å². The van der Waals surface area contributed by atoms with Crippen LogP contribution in [0.25, 0.3) is 0 Å². The smallest absolute Gasteiger partial charge is 0.306 e. The van der Waals surface area contributed by atoms with Gasteiger partial charge in [0.2, 0.25) is 0 Å². The van der Waals surface area contributed by atoms with Gasteiger partial charge in [0, 0.05) is 12.3 Å². The highest BCUT2D eigenvalue weighted by Crippen LogP contribution is 2.30. The molecule has 2 nitrogen and oxygen atoms in total. The third-order valence-corrected chi connectivity index (χ3v) is 1.91. The summed E-state index contributed by atoms with van der Waals surface area (Å²) in [5, 5.41) is 0. The highest BCUT2D eigenvalue weighted by molar-refractivity contribution is 5.72. The lowest BCUT2D eigenvalue weighted by Crippen LogP contribution is -2.07. The van der Waals surface area contributed by atoms with E-state index in [1.165, 1.54) is 0 Å². The first-order valence-electron chi connectivity index (χ1n) is 3.22. The predicted molar refractivity (Wildman–Crippen MR) is 31.7 cm³/mol. The van der Waals surface area contributed by atoms with Crippen LogP contribution in [0.3, 0.4) is 0 Å². The van der Waals surface area contributed by atoms with Crippen LogP contribution in [0, 0.1) is 5.92 Å². The summed E-state index contributed by atoms with van der Waals surface area (Å²) in [6.07, 6.45) is 5.88. The van der Waals surface area contributed by atoms with Gasteiger partial charge in [0.05, 0.1) is 6.42 Å². The zero-order valence-electron chi connectivity index (χ0n) is 5.04. The van der Waals surface area contributed by atoms with Gasteiger partial charge in [-0.1, -0.05) is 12.2 Å². The second-order valence-electron chi connectivity index (χ2n) is 2.56. The van der Waals surface area contributed by atoms with E-state index in [4.69, 9.17) is 4.74 Å². The van der Waals surface area contributed by atoms with Crippen LogP contribution in [0.15, 0.2) is 12.2 Å². The Morgan fingerprint density at radius 1 is 1.67 bits per heavy atom. The van der Waals surface area contributed by atoms with Crippen LogP contribution in [-0.2, 0) is 9.53 Å². The molecule has 0 radical (unpaired) electrons. The lowest BCUT2D eigenvalue weighted by Gasteiger charge is -2.03. The minimum Gasteiger partial charge on any atom is -0.461 e. The molecular weight excluding hydrogens is 116 g/mol. The van der Waals surface area contributed by atoms with Crippen LogP contribution in [0.4, 0.5) is 0 Å². The number of fused-ring (bicyclic) bond motifs is 1. The molecule has 1 fully saturated rings. The van der Waals surface area contributed by atoms with Crippen LogP contribution in [0.5, 0.6) is 0 Å². The first-order valence-corrected chi connectivity index (χ1v) is 3.22. The molecule has 0 spiro atoms. The number of hydrogen-bond donors (Lipinski definition) is 0. The third-order valence-electron chi connectivity index (χ3n) is 1.91. The van der Waals surface area contributed by atoms with E-state index in [1.54, 1.807) is 0 Å². The number of rotatable bonds is 0. The molecule has 1 aliphatic carbocycles. The quantitative estimate of drug-likeness (QED) is 0.354. The summed E-state index contributed by atoms with van der Waals surface area (Å²) < 4.78 is 4.98. The molecule has 48 valence electrons. The second kappa shape index (κ2) is 1.59. The third kappa shape index (κ3) is 0.661. The summed E-state index contributed by atoms with van der Waals surface area (Å²) >= 11 is 0. The van der Waals surface area contributed by atoms with Crippen LogP contribution < -0.4 is 0 Å². The van der Waals surface area contributed by atoms with Crippen molar-refractivity contribution in [1.82, 2.24) is 0 Å². The minimum absolute atomic E-state index is 0.0330. The van der Waals surface area contributed by atoms with Crippen molar-refractivity contribution < 1.29 is 9.53 Å². The van der Waals surface area contributed by atoms with Crippen molar-refractivity contribution in [3.63, 3.8) is 0 Å². The Morgan fingerprint density at radius 2 is 2.56 bits per heavy atom. The Morgan fingerprint density at radius 3 is 3.33 bits per heavy atom. The summed E-state index contributed by atoms with van der Waals surface area (Å²) in [5.74, 6) is 0.367. The molecule has 2 heteroatoms. The fraction of sp³-hybridized carbons (Fsp3) is 0.571. The number of ether oxygens (including phenoxy) is 1. The topological polar surface area (TPSA) is 26.3 Å². The first-order chi connectivity index (χ1) is 4.36. The van der Waals surface area contributed by atoms with Crippen LogP contribution in [-0.4, -0.2) is 12.1 Å². The molecule has 1 heterocycles. The number of esters is 1. The van der Waals surface area contributed by atoms with Crippen molar-refractivity contribution in [2.45, 2.75) is 18.9 Å². The Balaban J connectivity index is 2.17. The zero-order valence-corrected chi connectivity index (χ0v) is 5.04. The molecule has 0 amide bonds. The van der Waals surface area contributed by atoms with Gasteiger partial charge in [-0.25, -0.2) is 0 Å². The lowest BCUT2D eigenvalue weighted by molar-refractivity contribution is -0.141. The normalized spacial score (nSPS) is 38.9. The average Bonchev–Trinajstić information content (AvgIpc) is 2.22. The number of carbonyl (C=O) groups excluding carboxylic acids is 1. The SMILES string of the molecule is O=C1C[C@@H]2C=CC[C@H]2O1. The Labute approximate surface area is 53.5 Å². The van der Waals surface area contributed by atoms with E-state index in [1.807, 2.05) is 0 Å². The van der Waals surface area contributed by atoms with Crippen LogP contribution in [0.1, 0.15) is 12.8 Å². The molecule has 9 heavy (non-hydrogen) atoms. The van der Waals surface area contributed by atoms with Gasteiger partial charge < -0.3 is 4.74 Å². The van der Waals surface area contributed by atoms with Crippen LogP contribution in [0.2, 0.25) is 0 Å². The first kappa shape index (κ1) is 5.03. The maximum absolute atomic E-state index is 10.6. The van der Waals surface area contributed by atoms with Crippen molar-refractivity contribution in [2.24, 2.45) is 5.92 Å². The van der Waals surface area contributed by atoms with E-state index in [0.29, 0.717) is 12.3 Å². The molecule has 0 aromatic heterocycles. The van der Waals surface area contributed by atoms with Gasteiger partial charge in [0.25, 0.3) is 0 Å². The molecule has 0 aromatic carbocycles. The molecule has 0 N–H and O–H groups in total. The lowest BCUT2D eigenvalue weighted by atomic mass is 10.1. The van der Waals surface area contributed by atoms with Gasteiger partial charge in [0.15, 0.2) is 0 Å². The highest BCUT2D eigenvalue weighted by Gasteiger charge is 2.34. The molecule has 2 atom stereocenters. The maximum Gasteiger partial charge on any atom is 0.306 e. The van der Waals surface area contributed by atoms with Gasteiger partial charge in [-0.15, -0.1) is 0 Å². The maximum atomic E-state index is 10.6. The number of hydrogen-bond acceptors (Lipinski definition) is 2. The zero-order chi connectivity index (χ0) is 6.27. The summed E-state index contributed by atoms with van der Waals surface area (Å²) in [6, 6.07) is 0. The predicted octanol–water partition coefficient (Wildman–Crippen LogP) is 0.878. The molecule has 0 unspecified atom stereocenters. The molecular formula is C7H8O2. The van der Waals surface area contributed by atoms with Gasteiger partial charge in [0.1, 0.15) is 6.10 Å². The fourth-order valence-electron chi connectivity index (χ4n) is 1.43. The molecule has 1 aliphatic heterocycles. The Hall–Kier alpha value is -0.790. The Kier molecular flexibility index (Phi) is 0.891. The van der Waals surface area contributed by atoms with Gasteiger partial charge in [-0.3, -0.25) is 4.79 Å². The van der Waals surface area contributed by atoms with Gasteiger partial charge in [-0.2, -0.15) is 0 Å². The second-order valence-corrected chi connectivity index (χ2v) is 2.56. The van der Waals surface area contributed by atoms with Crippen molar-refractivity contribution in [1.29, 1.82) is 0 Å². The van der Waals surface area contributed by atoms with E-state index in [9.17, 15) is 4.79 Å². The van der Waals surface area contributed by atoms with Crippen molar-refractivity contribution >= 4 is 5.97 Å². The monoisotopic (exact) mass is 124 g/mol. The summed E-state index contributed by atoms with van der Waals surface area (Å²) in [5.41, 5.74) is 0. The molecule has 0 bridgehead atoms. The summed E-state index contributed by atoms with van der Waals surface area (Å²) in [7, 11) is 0. The standard InChI is InChI=1S/C7H8O2/c8-7-4-5-2-1-3-6(5)9-7/h1-2,5-6H,3-4H2/t5-,6+/m0/s1. The Bertz CT molecular complexity index is 172. The largest absolute Gasteiger partial charge is 0.461 e. The fourth-order valence-corrected chi connectivity index (χ4v) is 1.43. The van der Waals surface area contributed by atoms with E-state index in [2.05, 4.69) is 12.2 Å². The average molecular weight is 124 g/mol. The van der Waals surface area contributed by atoms with Gasteiger partial charge in [-0.05, 0) is 0 Å². The minimum atomic E-state index is -0.0330. The molecule has 0 saturated carbocycles. The van der Waals surface area contributed by atoms with Crippen LogP contribution >= 0.6 is 0 Å². The van der Waals surface area contributed by atoms with Gasteiger partial charge >= 0.3 is 5.97 Å². The summed E-state index contributed by atoms with van der Waals surface area (Å²) in [6.45, 7) is 0. The molecule has 1 saturated heterocycles. The van der Waals surface area contributed by atoms with E-state index < -0.39 is 0 Å². The molecule has 2 rings (SSSR count). The summed E-state index contributed by atoms with van der Waals surface area (Å²) in [4.78, 5) is 10.6. The number of carbonyl (C=O) groups is 1. The van der Waals surface area contributed by atoms with E-state index in [-0.39, 0.29) is 12.1 Å². The van der Waals surface area contributed by atoms with Crippen molar-refractivity contribution in [2.75, 3.05) is 0 Å². The molecule has 0 aromatic rings. The van der Waals surface area contributed by atoms with E-state index in [0.717, 1.165) is 6.42 Å². The highest BCUT2D eigenvalue weighted by atomic mass is 16.5. The molecule has 2 aliphatic rings. The van der Waals surface area contributed by atoms with Crippen molar-refractivity contribution in [3.8, 4) is 0 Å². The van der Waals surface area contributed by atoms with Crippen molar-refractivity contribution in [3.05, 3.63) is 12.2 Å².